The monoisotopic (exact) mass is 332 g/mol. The Morgan fingerprint density at radius 3 is 2.77 bits per heavy atom. The summed E-state index contributed by atoms with van der Waals surface area (Å²) in [5.41, 5.74) is 1.53. The maximum absolute atomic E-state index is 13.3. The molecule has 0 bridgehead atoms. The minimum absolute atomic E-state index is 0.0685. The van der Waals surface area contributed by atoms with Gasteiger partial charge in [-0.2, -0.15) is 18.2 Å². The maximum Gasteiger partial charge on any atom is 0.403 e. The van der Waals surface area contributed by atoms with Crippen molar-refractivity contribution in [2.75, 3.05) is 6.61 Å². The Hall–Kier alpha value is -1.35. The fraction of sp³-hybridized carbons (Fsp3) is 0.615. The van der Waals surface area contributed by atoms with Crippen molar-refractivity contribution in [3.8, 4) is 0 Å². The van der Waals surface area contributed by atoms with Crippen LogP contribution < -0.4 is 0 Å². The van der Waals surface area contributed by atoms with Crippen LogP contribution in [0.4, 0.5) is 13.2 Å². The molecule has 1 saturated heterocycles. The quantitative estimate of drug-likeness (QED) is 0.809. The number of alkyl halides is 3. The van der Waals surface area contributed by atoms with Gasteiger partial charge in [-0.25, -0.2) is 9.50 Å². The summed E-state index contributed by atoms with van der Waals surface area (Å²) in [4.78, 5) is 8.29. The Labute approximate surface area is 129 Å². The van der Waals surface area contributed by atoms with Gasteiger partial charge in [-0.15, -0.1) is 5.10 Å². The van der Waals surface area contributed by atoms with Gasteiger partial charge in [-0.05, 0) is 32.8 Å². The zero-order chi connectivity index (χ0) is 15.9. The number of hydrogen-bond donors (Lipinski definition) is 0. The number of nitrogens with zero attached hydrogens (tertiary/aromatic N) is 4. The van der Waals surface area contributed by atoms with Crippen molar-refractivity contribution in [3.63, 3.8) is 0 Å². The largest absolute Gasteiger partial charge is 0.403 e. The van der Waals surface area contributed by atoms with Crippen molar-refractivity contribution in [1.29, 1.82) is 0 Å². The molecular formula is C13H15F3N4OS. The lowest BCUT2D eigenvalue weighted by Gasteiger charge is -2.23. The van der Waals surface area contributed by atoms with E-state index in [1.165, 1.54) is 4.52 Å². The van der Waals surface area contributed by atoms with Gasteiger partial charge < -0.3 is 4.74 Å². The molecule has 2 atom stereocenters. The van der Waals surface area contributed by atoms with Crippen LogP contribution in [0.25, 0.3) is 5.78 Å². The summed E-state index contributed by atoms with van der Waals surface area (Å²) in [6.45, 7) is 3.99. The molecule has 0 spiro atoms. The zero-order valence-corrected chi connectivity index (χ0v) is 12.9. The van der Waals surface area contributed by atoms with Crippen LogP contribution in [0.2, 0.25) is 0 Å². The summed E-state index contributed by atoms with van der Waals surface area (Å²) in [5.74, 6) is 0.313. The molecule has 3 rings (SSSR count). The molecule has 0 amide bonds. The molecular weight excluding hydrogens is 317 g/mol. The van der Waals surface area contributed by atoms with Crippen LogP contribution in [0.1, 0.15) is 24.2 Å². The van der Waals surface area contributed by atoms with Crippen LogP contribution in [0.15, 0.2) is 11.2 Å². The molecule has 0 aromatic carbocycles. The predicted octanol–water partition coefficient (Wildman–Crippen LogP) is 2.94. The summed E-state index contributed by atoms with van der Waals surface area (Å²) in [5, 5.41) is 2.54. The molecule has 3 heterocycles. The summed E-state index contributed by atoms with van der Waals surface area (Å²) in [7, 11) is 0. The highest BCUT2D eigenvalue weighted by Crippen LogP contribution is 2.39. The van der Waals surface area contributed by atoms with Gasteiger partial charge in [0.15, 0.2) is 0 Å². The van der Waals surface area contributed by atoms with E-state index in [9.17, 15) is 13.2 Å². The van der Waals surface area contributed by atoms with Crippen molar-refractivity contribution in [1.82, 2.24) is 19.6 Å². The van der Waals surface area contributed by atoms with Gasteiger partial charge in [0.1, 0.15) is 5.25 Å². The molecule has 0 aliphatic carbocycles. The number of rotatable bonds is 3. The Kier molecular flexibility index (Phi) is 4.02. The van der Waals surface area contributed by atoms with E-state index in [1.54, 1.807) is 13.0 Å². The molecule has 2 aromatic heterocycles. The fourth-order valence-electron chi connectivity index (χ4n) is 2.51. The average Bonchev–Trinajstić information content (AvgIpc) is 3.02. The molecule has 0 radical (unpaired) electrons. The van der Waals surface area contributed by atoms with E-state index in [4.69, 9.17) is 4.74 Å². The summed E-state index contributed by atoms with van der Waals surface area (Å²) in [6, 6.07) is 1.80. The molecule has 0 unspecified atom stereocenters. The molecule has 1 aliphatic rings. The summed E-state index contributed by atoms with van der Waals surface area (Å²) < 4.78 is 46.5. The van der Waals surface area contributed by atoms with E-state index in [-0.39, 0.29) is 5.16 Å². The highest BCUT2D eigenvalue weighted by Gasteiger charge is 2.47. The van der Waals surface area contributed by atoms with Gasteiger partial charge in [0.25, 0.3) is 5.78 Å². The third-order valence-electron chi connectivity index (χ3n) is 3.46. The molecule has 0 saturated carbocycles. The highest BCUT2D eigenvalue weighted by molar-refractivity contribution is 7.99. The number of ether oxygens (including phenoxy) is 1. The maximum atomic E-state index is 13.3. The van der Waals surface area contributed by atoms with E-state index in [0.717, 1.165) is 11.4 Å². The molecule has 1 fully saturated rings. The first-order chi connectivity index (χ1) is 10.3. The first kappa shape index (κ1) is 15.5. The van der Waals surface area contributed by atoms with E-state index in [0.29, 0.717) is 37.0 Å². The molecule has 5 nitrogen and oxygen atoms in total. The van der Waals surface area contributed by atoms with E-state index < -0.39 is 17.5 Å². The summed E-state index contributed by atoms with van der Waals surface area (Å²) >= 11 is 0.600. The van der Waals surface area contributed by atoms with Crippen molar-refractivity contribution >= 4 is 17.5 Å². The van der Waals surface area contributed by atoms with Crippen LogP contribution >= 0.6 is 11.8 Å². The Morgan fingerprint density at radius 1 is 1.36 bits per heavy atom. The van der Waals surface area contributed by atoms with Gasteiger partial charge in [-0.3, -0.25) is 0 Å². The van der Waals surface area contributed by atoms with Gasteiger partial charge >= 0.3 is 6.18 Å². The van der Waals surface area contributed by atoms with Crippen molar-refractivity contribution in [2.45, 2.75) is 49.4 Å². The Bertz CT molecular complexity index is 682. The second-order valence-corrected chi connectivity index (χ2v) is 6.39. The molecule has 0 N–H and O–H groups in total. The molecule has 120 valence electrons. The molecule has 9 heteroatoms. The molecule has 1 aliphatic heterocycles. The number of aromatic nitrogens is 4. The van der Waals surface area contributed by atoms with Gasteiger partial charge in [0.05, 0.1) is 6.10 Å². The van der Waals surface area contributed by atoms with Crippen LogP contribution in [0.5, 0.6) is 0 Å². The third kappa shape index (κ3) is 3.05. The number of thioether (sulfide) groups is 1. The van der Waals surface area contributed by atoms with E-state index in [1.807, 2.05) is 6.92 Å². The first-order valence-electron chi connectivity index (χ1n) is 6.90. The standard InChI is InChI=1S/C13H15F3N4OS/c1-7-6-8(2)20-11(17-7)18-12(19-20)22-10(13(14,15)16)9-4-3-5-21-9/h6,9-10H,3-5H2,1-2H3/t9-,10-/m1/s1. The van der Waals surface area contributed by atoms with Crippen LogP contribution in [0, 0.1) is 13.8 Å². The van der Waals surface area contributed by atoms with E-state index in [2.05, 4.69) is 15.1 Å². The number of aryl methyl sites for hydroxylation is 2. The number of halogens is 3. The van der Waals surface area contributed by atoms with Crippen LogP contribution in [0.3, 0.4) is 0 Å². The predicted molar refractivity (Wildman–Crippen MR) is 74.9 cm³/mol. The summed E-state index contributed by atoms with van der Waals surface area (Å²) in [6.07, 6.45) is -4.15. The minimum atomic E-state index is -4.37. The van der Waals surface area contributed by atoms with Crippen molar-refractivity contribution in [3.05, 3.63) is 17.5 Å². The SMILES string of the molecule is Cc1cc(C)n2nc(S[C@H]([C@H]3CCCO3)C(F)(F)F)nc2n1. The van der Waals surface area contributed by atoms with Gasteiger partial charge in [0.2, 0.25) is 5.16 Å². The van der Waals surface area contributed by atoms with Crippen LogP contribution in [-0.2, 0) is 4.74 Å². The number of hydrogen-bond acceptors (Lipinski definition) is 5. The normalized spacial score (nSPS) is 20.7. The highest BCUT2D eigenvalue weighted by atomic mass is 32.2. The van der Waals surface area contributed by atoms with E-state index >= 15 is 0 Å². The Balaban J connectivity index is 1.91. The lowest BCUT2D eigenvalue weighted by Crippen LogP contribution is -2.36. The number of fused-ring (bicyclic) bond motifs is 1. The molecule has 2 aromatic rings. The average molecular weight is 332 g/mol. The second kappa shape index (κ2) is 5.69. The second-order valence-electron chi connectivity index (χ2n) is 5.28. The van der Waals surface area contributed by atoms with Crippen LogP contribution in [-0.4, -0.2) is 43.7 Å². The van der Waals surface area contributed by atoms with Gasteiger partial charge in [0, 0.05) is 18.0 Å². The zero-order valence-electron chi connectivity index (χ0n) is 12.1. The van der Waals surface area contributed by atoms with Crippen molar-refractivity contribution in [2.24, 2.45) is 0 Å². The lowest BCUT2D eigenvalue weighted by atomic mass is 10.2. The first-order valence-corrected chi connectivity index (χ1v) is 7.78. The smallest absolute Gasteiger partial charge is 0.377 e. The molecule has 22 heavy (non-hydrogen) atoms. The minimum Gasteiger partial charge on any atom is -0.377 e. The third-order valence-corrected chi connectivity index (χ3v) is 4.66. The lowest BCUT2D eigenvalue weighted by molar-refractivity contribution is -0.148. The topological polar surface area (TPSA) is 52.3 Å². The fourth-order valence-corrected chi connectivity index (χ4v) is 3.50. The van der Waals surface area contributed by atoms with Crippen molar-refractivity contribution < 1.29 is 17.9 Å². The Morgan fingerprint density at radius 2 is 2.14 bits per heavy atom. The van der Waals surface area contributed by atoms with Gasteiger partial charge in [-0.1, -0.05) is 11.8 Å².